The third-order valence-electron chi connectivity index (χ3n) is 13.6. The molecule has 0 fully saturated rings. The van der Waals surface area contributed by atoms with Gasteiger partial charge in [0.25, 0.3) is 0 Å². The molecule has 0 aromatic carbocycles. The summed E-state index contributed by atoms with van der Waals surface area (Å²) in [4.78, 5) is 24.5. The van der Waals surface area contributed by atoms with Gasteiger partial charge < -0.3 is 20.3 Å². The van der Waals surface area contributed by atoms with Gasteiger partial charge in [0.05, 0.1) is 25.4 Å². The topological polar surface area (TPSA) is 95.9 Å². The smallest absolute Gasteiger partial charge is 0.305 e. The number of rotatable bonds is 55. The Morgan fingerprint density at radius 1 is 0.412 bits per heavy atom. The fraction of sp³-hybridized carbons (Fsp3) is 0.839. The first kappa shape index (κ1) is 65.8. The summed E-state index contributed by atoms with van der Waals surface area (Å²) in [6, 6.07) is -0.636. The van der Waals surface area contributed by atoms with Gasteiger partial charge in [0.1, 0.15) is 0 Å². The number of amides is 1. The molecule has 0 rings (SSSR count). The van der Waals surface area contributed by atoms with Crippen molar-refractivity contribution >= 4 is 11.9 Å². The Kier molecular flexibility index (Phi) is 55.6. The molecule has 6 nitrogen and oxygen atoms in total. The van der Waals surface area contributed by atoms with E-state index in [1.54, 1.807) is 6.08 Å². The fourth-order valence-corrected chi connectivity index (χ4v) is 8.95. The van der Waals surface area contributed by atoms with Crippen molar-refractivity contribution in [3.8, 4) is 0 Å². The molecule has 1 amide bonds. The van der Waals surface area contributed by atoms with Crippen molar-refractivity contribution in [1.82, 2.24) is 5.32 Å². The van der Waals surface area contributed by atoms with Crippen LogP contribution in [0.3, 0.4) is 0 Å². The number of hydrogen-bond donors (Lipinski definition) is 3. The molecule has 0 aromatic heterocycles. The van der Waals surface area contributed by atoms with Crippen LogP contribution in [0.4, 0.5) is 0 Å². The van der Waals surface area contributed by atoms with Crippen LogP contribution < -0.4 is 5.32 Å². The van der Waals surface area contributed by atoms with Crippen molar-refractivity contribution in [1.29, 1.82) is 0 Å². The van der Waals surface area contributed by atoms with Crippen molar-refractivity contribution < 1.29 is 24.5 Å². The van der Waals surface area contributed by atoms with Crippen molar-refractivity contribution in [3.63, 3.8) is 0 Å². The van der Waals surface area contributed by atoms with Crippen molar-refractivity contribution in [2.45, 2.75) is 321 Å². The first-order chi connectivity index (χ1) is 33.5. The van der Waals surface area contributed by atoms with Crippen LogP contribution in [-0.4, -0.2) is 47.4 Å². The van der Waals surface area contributed by atoms with Crippen LogP contribution in [0.5, 0.6) is 0 Å². The van der Waals surface area contributed by atoms with E-state index < -0.39 is 12.1 Å². The normalized spacial score (nSPS) is 12.9. The predicted octanol–water partition coefficient (Wildman–Crippen LogP) is 18.6. The van der Waals surface area contributed by atoms with Gasteiger partial charge in [0, 0.05) is 12.8 Å². The number of unbranched alkanes of at least 4 members (excludes halogenated alkanes) is 38. The molecule has 3 N–H and O–H groups in total. The molecule has 0 aliphatic rings. The zero-order chi connectivity index (χ0) is 49.3. The highest BCUT2D eigenvalue weighted by Gasteiger charge is 2.18. The summed E-state index contributed by atoms with van der Waals surface area (Å²) in [5.41, 5.74) is 0. The van der Waals surface area contributed by atoms with E-state index in [2.05, 4.69) is 55.6 Å². The molecular formula is C62H115NO5. The monoisotopic (exact) mass is 954 g/mol. The Morgan fingerprint density at radius 2 is 0.735 bits per heavy atom. The first-order valence-corrected chi connectivity index (χ1v) is 29.9. The Labute approximate surface area is 423 Å². The average Bonchev–Trinajstić information content (AvgIpc) is 3.34. The van der Waals surface area contributed by atoms with Crippen LogP contribution in [-0.2, 0) is 14.3 Å². The summed E-state index contributed by atoms with van der Waals surface area (Å²) in [6.07, 6.45) is 72.8. The molecule has 0 heterocycles. The van der Waals surface area contributed by atoms with Gasteiger partial charge in [0.15, 0.2) is 0 Å². The zero-order valence-electron chi connectivity index (χ0n) is 45.3. The number of hydrogen-bond acceptors (Lipinski definition) is 5. The second-order valence-corrected chi connectivity index (χ2v) is 20.3. The lowest BCUT2D eigenvalue weighted by molar-refractivity contribution is -0.143. The summed E-state index contributed by atoms with van der Waals surface area (Å²) in [5, 5.41) is 23.1. The highest BCUT2D eigenvalue weighted by Crippen LogP contribution is 2.16. The number of carbonyl (C=O) groups excluding carboxylic acids is 2. The SMILES string of the molecule is CCCCCCC/C=C\CCCCCCCC(=O)OCCCCCCCCCCC/C=C\C/C=C\CCCCCCCCCC(=O)NC(CO)C(O)/C=C/CCCCCCCCCCCCCC. The number of aliphatic hydroxyl groups excluding tert-OH is 2. The average molecular weight is 955 g/mol. The van der Waals surface area contributed by atoms with Crippen LogP contribution in [0.1, 0.15) is 309 Å². The fourth-order valence-electron chi connectivity index (χ4n) is 8.95. The van der Waals surface area contributed by atoms with E-state index in [9.17, 15) is 19.8 Å². The molecule has 6 heteroatoms. The second kappa shape index (κ2) is 57.4. The summed E-state index contributed by atoms with van der Waals surface area (Å²) >= 11 is 0. The molecule has 0 spiro atoms. The third-order valence-corrected chi connectivity index (χ3v) is 13.6. The summed E-state index contributed by atoms with van der Waals surface area (Å²) in [5.74, 6) is -0.0812. The molecule has 0 radical (unpaired) electrons. The van der Waals surface area contributed by atoms with Crippen LogP contribution >= 0.6 is 0 Å². The van der Waals surface area contributed by atoms with Crippen molar-refractivity contribution in [2.24, 2.45) is 0 Å². The molecule has 0 bridgehead atoms. The van der Waals surface area contributed by atoms with E-state index in [1.807, 2.05) is 6.08 Å². The lowest BCUT2D eigenvalue weighted by atomic mass is 10.0. The lowest BCUT2D eigenvalue weighted by Gasteiger charge is -2.20. The molecule has 0 saturated carbocycles. The van der Waals surface area contributed by atoms with Gasteiger partial charge in [-0.3, -0.25) is 9.59 Å². The maximum Gasteiger partial charge on any atom is 0.305 e. The van der Waals surface area contributed by atoms with E-state index in [-0.39, 0.29) is 18.5 Å². The van der Waals surface area contributed by atoms with E-state index in [0.717, 1.165) is 64.2 Å². The molecule has 2 unspecified atom stereocenters. The Hall–Kier alpha value is -2.18. The third kappa shape index (κ3) is 53.2. The van der Waals surface area contributed by atoms with Crippen LogP contribution in [0.15, 0.2) is 48.6 Å². The maximum atomic E-state index is 12.4. The second-order valence-electron chi connectivity index (χ2n) is 20.3. The van der Waals surface area contributed by atoms with Gasteiger partial charge in [-0.2, -0.15) is 0 Å². The van der Waals surface area contributed by atoms with Crippen LogP contribution in [0, 0.1) is 0 Å². The minimum absolute atomic E-state index is 0.00252. The summed E-state index contributed by atoms with van der Waals surface area (Å²) in [6.45, 7) is 4.88. The predicted molar refractivity (Wildman–Crippen MR) is 296 cm³/mol. The van der Waals surface area contributed by atoms with E-state index in [0.29, 0.717) is 19.4 Å². The number of aliphatic hydroxyl groups is 2. The molecule has 0 aliphatic heterocycles. The molecule has 0 saturated heterocycles. The van der Waals surface area contributed by atoms with E-state index in [1.165, 1.54) is 218 Å². The van der Waals surface area contributed by atoms with E-state index in [4.69, 9.17) is 4.74 Å². The van der Waals surface area contributed by atoms with Gasteiger partial charge >= 0.3 is 5.97 Å². The molecule has 0 aliphatic carbocycles. The number of ether oxygens (including phenoxy) is 1. The number of allylic oxidation sites excluding steroid dienone is 7. The number of nitrogens with one attached hydrogen (secondary N) is 1. The quantitative estimate of drug-likeness (QED) is 0.0321. The highest BCUT2D eigenvalue weighted by molar-refractivity contribution is 5.76. The largest absolute Gasteiger partial charge is 0.466 e. The summed E-state index contributed by atoms with van der Waals surface area (Å²) in [7, 11) is 0. The first-order valence-electron chi connectivity index (χ1n) is 29.9. The van der Waals surface area contributed by atoms with Gasteiger partial charge in [-0.15, -0.1) is 0 Å². The molecule has 68 heavy (non-hydrogen) atoms. The molecular weight excluding hydrogens is 839 g/mol. The molecule has 398 valence electrons. The Balaban J connectivity index is 3.48. The Bertz CT molecular complexity index is 1150. The number of carbonyl (C=O) groups is 2. The minimum atomic E-state index is -0.851. The molecule has 0 aromatic rings. The number of esters is 1. The highest BCUT2D eigenvalue weighted by atomic mass is 16.5. The van der Waals surface area contributed by atoms with Gasteiger partial charge in [0.2, 0.25) is 5.91 Å². The Morgan fingerprint density at radius 3 is 1.13 bits per heavy atom. The van der Waals surface area contributed by atoms with Crippen LogP contribution in [0.2, 0.25) is 0 Å². The van der Waals surface area contributed by atoms with E-state index >= 15 is 0 Å². The van der Waals surface area contributed by atoms with Crippen molar-refractivity contribution in [2.75, 3.05) is 13.2 Å². The standard InChI is InChI=1S/C62H115NO5/c1-3-5-7-9-11-13-15-17-30-34-38-42-46-50-54-60(65)59(58-64)63-61(66)55-51-47-43-39-35-31-28-26-24-22-20-19-21-23-25-27-29-33-37-41-45-49-53-57-68-62(67)56-52-48-44-40-36-32-18-16-14-12-10-8-6-4-2/h16,18-19,21-22,24,50,54,59-60,64-65H,3-15,17,20,23,25-49,51-53,55-58H2,1-2H3,(H,63,66)/b18-16-,21-19-,24-22-,54-50+. The molecule has 2 atom stereocenters. The maximum absolute atomic E-state index is 12.4. The summed E-state index contributed by atoms with van der Waals surface area (Å²) < 4.78 is 5.47. The lowest BCUT2D eigenvalue weighted by Crippen LogP contribution is -2.45. The van der Waals surface area contributed by atoms with Crippen molar-refractivity contribution in [3.05, 3.63) is 48.6 Å². The van der Waals surface area contributed by atoms with Crippen LogP contribution in [0.25, 0.3) is 0 Å². The van der Waals surface area contributed by atoms with Gasteiger partial charge in [-0.25, -0.2) is 0 Å². The minimum Gasteiger partial charge on any atom is -0.466 e. The van der Waals surface area contributed by atoms with Gasteiger partial charge in [-0.1, -0.05) is 255 Å². The van der Waals surface area contributed by atoms with Gasteiger partial charge in [-0.05, 0) is 89.9 Å². The zero-order valence-corrected chi connectivity index (χ0v) is 45.3.